The summed E-state index contributed by atoms with van der Waals surface area (Å²) in [4.78, 5) is 46.8. The highest BCUT2D eigenvalue weighted by atomic mass is 79.9. The van der Waals surface area contributed by atoms with Crippen LogP contribution >= 0.6 is 15.9 Å². The van der Waals surface area contributed by atoms with Crippen molar-refractivity contribution < 1.29 is 8.83 Å². The molecule has 4 aromatic rings. The van der Waals surface area contributed by atoms with Crippen molar-refractivity contribution in [1.29, 1.82) is 10.5 Å². The first-order valence-electron chi connectivity index (χ1n) is 11.5. The molecule has 0 aliphatic rings. The minimum absolute atomic E-state index is 0.238. The number of nitrogens with one attached hydrogen (secondary N) is 1. The summed E-state index contributed by atoms with van der Waals surface area (Å²) in [6, 6.07) is 16.9. The zero-order chi connectivity index (χ0) is 27.0. The van der Waals surface area contributed by atoms with Crippen LogP contribution in [0.1, 0.15) is 38.5 Å². The molecule has 0 fully saturated rings. The monoisotopic (exact) mass is 568 g/mol. The maximum atomic E-state index is 11.7. The summed E-state index contributed by atoms with van der Waals surface area (Å²) in [5.41, 5.74) is -0.363. The molecule has 0 bridgehead atoms. The molecule has 0 aliphatic heterocycles. The largest absolute Gasteiger partial charge is 0.423 e. The van der Waals surface area contributed by atoms with Gasteiger partial charge in [0.2, 0.25) is 0 Å². The number of hydrogen-bond donors (Lipinski definition) is 1. The first kappa shape index (κ1) is 29.0. The van der Waals surface area contributed by atoms with Gasteiger partial charge in [0.25, 0.3) is 11.1 Å². The zero-order valence-corrected chi connectivity index (χ0v) is 21.5. The molecule has 0 radical (unpaired) electrons. The molecule has 10 nitrogen and oxygen atoms in total. The third kappa shape index (κ3) is 9.06. The van der Waals surface area contributed by atoms with E-state index in [0.29, 0.717) is 16.4 Å². The Bertz CT molecular complexity index is 1620. The van der Waals surface area contributed by atoms with E-state index in [1.54, 1.807) is 48.5 Å². The summed E-state index contributed by atoms with van der Waals surface area (Å²) in [5.74, 6) is -1.53. The van der Waals surface area contributed by atoms with Crippen molar-refractivity contribution in [1.82, 2.24) is 9.55 Å². The molecule has 0 amide bonds. The fraction of sp³-hybridized carbons (Fsp3) is 0.308. The minimum Gasteiger partial charge on any atom is -0.409 e. The molecule has 2 heterocycles. The number of hydrogen-bond acceptors (Lipinski definition) is 8. The first-order chi connectivity index (χ1) is 17.9. The lowest BCUT2D eigenvalue weighted by Gasteiger charge is -1.99. The second-order valence-electron chi connectivity index (χ2n) is 7.62. The predicted octanol–water partition coefficient (Wildman–Crippen LogP) is 4.21. The van der Waals surface area contributed by atoms with E-state index in [-0.39, 0.29) is 12.1 Å². The highest BCUT2D eigenvalue weighted by Crippen LogP contribution is 2.06. The SMILES string of the molecule is N#CCCCCCCCBr.N#CCn1c(=O)oc2ccccc2c1=O.O=c1[nH]c(=O)c2ccccc2o1. The Morgan fingerprint density at radius 2 is 1.38 bits per heavy atom. The van der Waals surface area contributed by atoms with E-state index in [1.165, 1.54) is 31.7 Å². The molecule has 192 valence electrons. The standard InChI is InChI=1S/C10H6N2O3.C8H14BrN.C8H5NO3/c11-5-6-12-9(13)7-3-1-2-4-8(7)15-10(12)14;9-7-5-3-1-2-4-6-8-10;10-7-5-3-1-2-4-6(5)12-8(11)9-7/h1-4H,6H2;1-7H2;1-4H,(H,9,10,11). The van der Waals surface area contributed by atoms with E-state index in [4.69, 9.17) is 19.4 Å². The highest BCUT2D eigenvalue weighted by Gasteiger charge is 2.07. The van der Waals surface area contributed by atoms with Gasteiger partial charge in [-0.15, -0.1) is 0 Å². The quantitative estimate of drug-likeness (QED) is 0.256. The molecule has 2 aromatic carbocycles. The number of para-hydroxylation sites is 2. The molecule has 4 rings (SSSR count). The van der Waals surface area contributed by atoms with Crippen molar-refractivity contribution in [3.8, 4) is 12.1 Å². The number of alkyl halides is 1. The smallest absolute Gasteiger partial charge is 0.409 e. The van der Waals surface area contributed by atoms with Crippen molar-refractivity contribution in [2.75, 3.05) is 5.33 Å². The number of fused-ring (bicyclic) bond motifs is 2. The van der Waals surface area contributed by atoms with E-state index in [9.17, 15) is 19.2 Å². The van der Waals surface area contributed by atoms with Gasteiger partial charge in [-0.3, -0.25) is 14.6 Å². The number of halogens is 1. The average Bonchev–Trinajstić information content (AvgIpc) is 2.89. The Balaban J connectivity index is 0.000000200. The predicted molar refractivity (Wildman–Crippen MR) is 143 cm³/mol. The molecule has 37 heavy (non-hydrogen) atoms. The number of H-pyrrole nitrogens is 1. The molecule has 0 unspecified atom stereocenters. The lowest BCUT2D eigenvalue weighted by atomic mass is 10.1. The Labute approximate surface area is 219 Å². The van der Waals surface area contributed by atoms with Crippen LogP contribution in [0.25, 0.3) is 21.9 Å². The van der Waals surface area contributed by atoms with Gasteiger partial charge >= 0.3 is 11.5 Å². The lowest BCUT2D eigenvalue weighted by Crippen LogP contribution is -2.32. The van der Waals surface area contributed by atoms with Gasteiger partial charge < -0.3 is 8.83 Å². The van der Waals surface area contributed by atoms with Crippen LogP contribution in [0.2, 0.25) is 0 Å². The van der Waals surface area contributed by atoms with Crippen LogP contribution < -0.4 is 22.6 Å². The van der Waals surface area contributed by atoms with Crippen molar-refractivity contribution in [3.05, 3.63) is 90.3 Å². The van der Waals surface area contributed by atoms with Crippen molar-refractivity contribution >= 4 is 37.9 Å². The molecular weight excluding hydrogens is 544 g/mol. The second-order valence-corrected chi connectivity index (χ2v) is 8.41. The number of aromatic amines is 1. The average molecular weight is 569 g/mol. The fourth-order valence-electron chi connectivity index (χ4n) is 3.17. The fourth-order valence-corrected chi connectivity index (χ4v) is 3.57. The van der Waals surface area contributed by atoms with E-state index >= 15 is 0 Å². The third-order valence-electron chi connectivity index (χ3n) is 4.98. The number of nitrogens with zero attached hydrogens (tertiary/aromatic N) is 3. The molecule has 0 atom stereocenters. The normalized spacial score (nSPS) is 9.92. The van der Waals surface area contributed by atoms with E-state index in [0.717, 1.165) is 22.7 Å². The summed E-state index contributed by atoms with van der Waals surface area (Å²) in [6.07, 6.45) is 6.89. The summed E-state index contributed by atoms with van der Waals surface area (Å²) < 4.78 is 10.4. The number of nitriles is 2. The van der Waals surface area contributed by atoms with Crippen LogP contribution in [0.5, 0.6) is 0 Å². The maximum absolute atomic E-state index is 11.7. The van der Waals surface area contributed by atoms with Crippen molar-refractivity contribution in [2.45, 2.75) is 45.1 Å². The van der Waals surface area contributed by atoms with Crippen LogP contribution in [0.3, 0.4) is 0 Å². The van der Waals surface area contributed by atoms with E-state index in [1.807, 2.05) is 4.98 Å². The van der Waals surface area contributed by atoms with Crippen molar-refractivity contribution in [3.63, 3.8) is 0 Å². The van der Waals surface area contributed by atoms with Crippen LogP contribution in [0, 0.1) is 22.7 Å². The van der Waals surface area contributed by atoms with E-state index in [2.05, 4.69) is 22.0 Å². The van der Waals surface area contributed by atoms with Crippen LogP contribution in [-0.2, 0) is 6.54 Å². The minimum atomic E-state index is -0.805. The van der Waals surface area contributed by atoms with Crippen LogP contribution in [-0.4, -0.2) is 14.9 Å². The van der Waals surface area contributed by atoms with Gasteiger partial charge in [-0.05, 0) is 37.1 Å². The topological polar surface area (TPSA) is 163 Å². The Kier molecular flexibility index (Phi) is 12.3. The Hall–Kier alpha value is -4.22. The van der Waals surface area contributed by atoms with Gasteiger partial charge in [0, 0.05) is 11.8 Å². The zero-order valence-electron chi connectivity index (χ0n) is 19.9. The Morgan fingerprint density at radius 3 is 2.03 bits per heavy atom. The summed E-state index contributed by atoms with van der Waals surface area (Å²) in [7, 11) is 0. The molecule has 1 N–H and O–H groups in total. The molecule has 0 spiro atoms. The number of benzene rings is 2. The van der Waals surface area contributed by atoms with Gasteiger partial charge in [0.05, 0.1) is 22.9 Å². The van der Waals surface area contributed by atoms with Crippen LogP contribution in [0.4, 0.5) is 0 Å². The van der Waals surface area contributed by atoms with Gasteiger partial charge in [0.15, 0.2) is 0 Å². The lowest BCUT2D eigenvalue weighted by molar-refractivity contribution is 0.475. The number of aromatic nitrogens is 2. The summed E-state index contributed by atoms with van der Waals surface area (Å²) >= 11 is 3.38. The van der Waals surface area contributed by atoms with Gasteiger partial charge in [-0.2, -0.15) is 10.5 Å². The molecule has 0 saturated heterocycles. The van der Waals surface area contributed by atoms with Gasteiger partial charge in [-0.25, -0.2) is 14.2 Å². The third-order valence-corrected chi connectivity index (χ3v) is 5.54. The molecule has 2 aromatic heterocycles. The summed E-state index contributed by atoms with van der Waals surface area (Å²) in [6.45, 7) is -0.300. The van der Waals surface area contributed by atoms with Gasteiger partial charge in [-0.1, -0.05) is 59.5 Å². The first-order valence-corrected chi connectivity index (χ1v) is 12.6. The second kappa shape index (κ2) is 15.7. The molecule has 0 saturated carbocycles. The molecular formula is C26H25BrN4O6. The van der Waals surface area contributed by atoms with Crippen molar-refractivity contribution in [2.24, 2.45) is 0 Å². The number of unbranched alkanes of at least 4 members (excludes halogenated alkanes) is 5. The molecule has 11 heteroatoms. The number of rotatable bonds is 7. The molecule has 0 aliphatic carbocycles. The van der Waals surface area contributed by atoms with Crippen LogP contribution in [0.15, 0.2) is 76.5 Å². The van der Waals surface area contributed by atoms with E-state index < -0.39 is 22.6 Å². The summed E-state index contributed by atoms with van der Waals surface area (Å²) in [5, 5.41) is 18.5. The highest BCUT2D eigenvalue weighted by molar-refractivity contribution is 9.09. The maximum Gasteiger partial charge on any atom is 0.423 e. The van der Waals surface area contributed by atoms with Gasteiger partial charge in [0.1, 0.15) is 17.7 Å². The Morgan fingerprint density at radius 1 is 0.784 bits per heavy atom.